The number of ether oxygens (including phenoxy) is 1. The largest absolute Gasteiger partial charge is 0.508 e. The molecule has 1 saturated heterocycles. The van der Waals surface area contributed by atoms with Crippen molar-refractivity contribution in [3.8, 4) is 11.5 Å². The lowest BCUT2D eigenvalue weighted by Gasteiger charge is -2.25. The Morgan fingerprint density at radius 3 is 2.29 bits per heavy atom. The van der Waals surface area contributed by atoms with Crippen molar-refractivity contribution in [1.82, 2.24) is 4.90 Å². The van der Waals surface area contributed by atoms with Crippen molar-refractivity contribution < 1.29 is 18.3 Å². The third-order valence-corrected chi connectivity index (χ3v) is 8.21. The van der Waals surface area contributed by atoms with Gasteiger partial charge in [-0.2, -0.15) is 0 Å². The summed E-state index contributed by atoms with van der Waals surface area (Å²) in [6.45, 7) is 3.71. The molecule has 1 aliphatic heterocycles. The van der Waals surface area contributed by atoms with Crippen LogP contribution in [0.25, 0.3) is 0 Å². The summed E-state index contributed by atoms with van der Waals surface area (Å²) in [5.74, 6) is 0.775. The molecule has 4 rings (SSSR count). The standard InChI is InChI=1S/C25H26Cl2N2O4S/c26-20-5-12-24(27)25(17-20)34(31,32)29(18-19-3-8-22(30)9-4-19)21-6-10-23(11-7-21)33-16-15-28-13-1-2-14-28/h3-12,17,30H,1-2,13-16,18H2. The van der Waals surface area contributed by atoms with E-state index in [1.54, 1.807) is 42.5 Å². The molecule has 3 aromatic carbocycles. The van der Waals surface area contributed by atoms with Crippen molar-refractivity contribution in [2.24, 2.45) is 0 Å². The van der Waals surface area contributed by atoms with E-state index in [9.17, 15) is 13.5 Å². The number of rotatable bonds is 9. The van der Waals surface area contributed by atoms with E-state index in [2.05, 4.69) is 4.90 Å². The van der Waals surface area contributed by atoms with Crippen molar-refractivity contribution in [2.75, 3.05) is 30.5 Å². The zero-order valence-corrected chi connectivity index (χ0v) is 20.9. The molecule has 1 heterocycles. The number of benzene rings is 3. The number of hydrogen-bond acceptors (Lipinski definition) is 5. The molecular weight excluding hydrogens is 495 g/mol. The van der Waals surface area contributed by atoms with Crippen molar-refractivity contribution in [2.45, 2.75) is 24.3 Å². The number of phenols is 1. The normalized spacial score (nSPS) is 14.3. The van der Waals surface area contributed by atoms with Gasteiger partial charge < -0.3 is 9.84 Å². The van der Waals surface area contributed by atoms with Gasteiger partial charge in [0.25, 0.3) is 10.0 Å². The smallest absolute Gasteiger partial charge is 0.266 e. The highest BCUT2D eigenvalue weighted by Crippen LogP contribution is 2.33. The maximum absolute atomic E-state index is 13.7. The maximum atomic E-state index is 13.7. The third-order valence-electron chi connectivity index (χ3n) is 5.72. The molecule has 0 radical (unpaired) electrons. The van der Waals surface area contributed by atoms with Crippen molar-refractivity contribution in [3.05, 3.63) is 82.3 Å². The van der Waals surface area contributed by atoms with Crippen LogP contribution in [0, 0.1) is 0 Å². The molecule has 3 aromatic rings. The van der Waals surface area contributed by atoms with E-state index in [0.29, 0.717) is 23.6 Å². The Morgan fingerprint density at radius 1 is 0.941 bits per heavy atom. The number of hydrogen-bond donors (Lipinski definition) is 1. The molecule has 0 unspecified atom stereocenters. The molecule has 34 heavy (non-hydrogen) atoms. The Morgan fingerprint density at radius 2 is 1.62 bits per heavy atom. The predicted molar refractivity (Wildman–Crippen MR) is 136 cm³/mol. The molecule has 0 saturated carbocycles. The van der Waals surface area contributed by atoms with Gasteiger partial charge in [-0.3, -0.25) is 9.21 Å². The van der Waals surface area contributed by atoms with Gasteiger partial charge in [-0.25, -0.2) is 8.42 Å². The number of nitrogens with zero attached hydrogens (tertiary/aromatic N) is 2. The molecule has 1 aliphatic rings. The molecule has 180 valence electrons. The lowest BCUT2D eigenvalue weighted by molar-refractivity contribution is 0.238. The monoisotopic (exact) mass is 520 g/mol. The molecule has 6 nitrogen and oxygen atoms in total. The Kier molecular flexibility index (Phi) is 7.88. The lowest BCUT2D eigenvalue weighted by Crippen LogP contribution is -2.30. The summed E-state index contributed by atoms with van der Waals surface area (Å²) < 4.78 is 34.5. The highest BCUT2D eigenvalue weighted by Gasteiger charge is 2.28. The molecule has 0 aliphatic carbocycles. The molecule has 0 spiro atoms. The van der Waals surface area contributed by atoms with Gasteiger partial charge in [0.15, 0.2) is 0 Å². The highest BCUT2D eigenvalue weighted by molar-refractivity contribution is 7.93. The highest BCUT2D eigenvalue weighted by atomic mass is 35.5. The van der Waals surface area contributed by atoms with Gasteiger partial charge in [-0.05, 0) is 86.1 Å². The SMILES string of the molecule is O=S(=O)(c1cc(Cl)ccc1Cl)N(Cc1ccc(O)cc1)c1ccc(OCCN2CCCC2)cc1. The fourth-order valence-electron chi connectivity index (χ4n) is 3.88. The van der Waals surface area contributed by atoms with E-state index < -0.39 is 10.0 Å². The van der Waals surface area contributed by atoms with Crippen LogP contribution in [0.5, 0.6) is 11.5 Å². The number of anilines is 1. The van der Waals surface area contributed by atoms with E-state index in [1.807, 2.05) is 0 Å². The van der Waals surface area contributed by atoms with Gasteiger partial charge in [-0.15, -0.1) is 0 Å². The summed E-state index contributed by atoms with van der Waals surface area (Å²) in [6, 6.07) is 17.7. The fourth-order valence-corrected chi connectivity index (χ4v) is 6.08. The number of halogens is 2. The summed E-state index contributed by atoms with van der Waals surface area (Å²) >= 11 is 12.3. The summed E-state index contributed by atoms with van der Waals surface area (Å²) in [7, 11) is -4.05. The summed E-state index contributed by atoms with van der Waals surface area (Å²) in [6.07, 6.45) is 2.47. The van der Waals surface area contributed by atoms with E-state index in [1.165, 1.54) is 41.4 Å². The first-order chi connectivity index (χ1) is 16.3. The maximum Gasteiger partial charge on any atom is 0.266 e. The van der Waals surface area contributed by atoms with Crippen LogP contribution in [0.1, 0.15) is 18.4 Å². The summed E-state index contributed by atoms with van der Waals surface area (Å²) in [5, 5.41) is 9.96. The van der Waals surface area contributed by atoms with E-state index in [4.69, 9.17) is 27.9 Å². The van der Waals surface area contributed by atoms with Gasteiger partial charge in [0.2, 0.25) is 0 Å². The van der Waals surface area contributed by atoms with Crippen LogP contribution in [0.2, 0.25) is 10.0 Å². The first-order valence-corrected chi connectivity index (χ1v) is 13.2. The summed E-state index contributed by atoms with van der Waals surface area (Å²) in [4.78, 5) is 2.29. The van der Waals surface area contributed by atoms with Gasteiger partial charge in [0.1, 0.15) is 23.0 Å². The number of likely N-dealkylation sites (tertiary alicyclic amines) is 1. The Bertz CT molecular complexity index is 1210. The first-order valence-electron chi connectivity index (χ1n) is 11.0. The number of aromatic hydroxyl groups is 1. The first kappa shape index (κ1) is 24.7. The number of phenolic OH excluding ortho intramolecular Hbond substituents is 1. The second-order valence-electron chi connectivity index (χ2n) is 8.14. The summed E-state index contributed by atoms with van der Waals surface area (Å²) in [5.41, 5.74) is 1.15. The lowest BCUT2D eigenvalue weighted by atomic mass is 10.2. The van der Waals surface area contributed by atoms with E-state index >= 15 is 0 Å². The third kappa shape index (κ3) is 5.96. The minimum Gasteiger partial charge on any atom is -0.508 e. The van der Waals surface area contributed by atoms with Crippen molar-refractivity contribution in [1.29, 1.82) is 0 Å². The quantitative estimate of drug-likeness (QED) is 0.399. The fraction of sp³-hybridized carbons (Fsp3) is 0.280. The van der Waals surface area contributed by atoms with Crippen LogP contribution in [-0.2, 0) is 16.6 Å². The zero-order chi connectivity index (χ0) is 24.1. The van der Waals surface area contributed by atoms with Gasteiger partial charge in [0, 0.05) is 11.6 Å². The van der Waals surface area contributed by atoms with Gasteiger partial charge in [-0.1, -0.05) is 35.3 Å². The Labute approximate surface area is 210 Å². The van der Waals surface area contributed by atoms with Crippen molar-refractivity contribution in [3.63, 3.8) is 0 Å². The molecule has 0 atom stereocenters. The molecule has 0 aromatic heterocycles. The molecule has 0 bridgehead atoms. The van der Waals surface area contributed by atoms with Crippen LogP contribution in [-0.4, -0.2) is 44.7 Å². The average Bonchev–Trinajstić information content (AvgIpc) is 3.34. The topological polar surface area (TPSA) is 70.1 Å². The van der Waals surface area contributed by atoms with E-state index in [-0.39, 0.29) is 27.2 Å². The minimum absolute atomic E-state index is 0.0423. The molecular formula is C25H26Cl2N2O4S. The second-order valence-corrected chi connectivity index (χ2v) is 10.8. The minimum atomic E-state index is -4.05. The average molecular weight is 521 g/mol. The second kappa shape index (κ2) is 10.9. The van der Waals surface area contributed by atoms with Crippen LogP contribution < -0.4 is 9.04 Å². The van der Waals surface area contributed by atoms with Crippen LogP contribution in [0.15, 0.2) is 71.6 Å². The van der Waals surface area contributed by atoms with Crippen LogP contribution >= 0.6 is 23.2 Å². The Balaban J connectivity index is 1.59. The zero-order valence-electron chi connectivity index (χ0n) is 18.5. The molecule has 1 N–H and O–H groups in total. The van der Waals surface area contributed by atoms with Crippen molar-refractivity contribution >= 4 is 38.9 Å². The Hall–Kier alpha value is -2.45. The van der Waals surface area contributed by atoms with Gasteiger partial charge in [0.05, 0.1) is 17.3 Å². The predicted octanol–water partition coefficient (Wildman–Crippen LogP) is 5.57. The molecule has 0 amide bonds. The van der Waals surface area contributed by atoms with Crippen LogP contribution in [0.3, 0.4) is 0 Å². The van der Waals surface area contributed by atoms with Gasteiger partial charge >= 0.3 is 0 Å². The van der Waals surface area contributed by atoms with Crippen LogP contribution in [0.4, 0.5) is 5.69 Å². The van der Waals surface area contributed by atoms with E-state index in [0.717, 1.165) is 19.6 Å². The molecule has 9 heteroatoms. The number of sulfonamides is 1. The molecule has 1 fully saturated rings.